The van der Waals surface area contributed by atoms with Crippen molar-refractivity contribution in [2.24, 2.45) is 0 Å². The Morgan fingerprint density at radius 1 is 1.12 bits per heavy atom. The Bertz CT molecular complexity index is 1040. The average Bonchev–Trinajstić information content (AvgIpc) is 2.78. The lowest BCUT2D eigenvalue weighted by Gasteiger charge is -2.32. The van der Waals surface area contributed by atoms with Crippen LogP contribution in [0.1, 0.15) is 67.0 Å². The van der Waals surface area contributed by atoms with E-state index >= 15 is 0 Å². The number of ketones is 1. The van der Waals surface area contributed by atoms with Gasteiger partial charge >= 0.3 is 0 Å². The van der Waals surface area contributed by atoms with E-state index in [0.717, 1.165) is 36.9 Å². The van der Waals surface area contributed by atoms with Gasteiger partial charge in [-0.2, -0.15) is 0 Å². The van der Waals surface area contributed by atoms with E-state index in [0.29, 0.717) is 13.0 Å². The molecule has 1 unspecified atom stereocenters. The number of allylic oxidation sites excluding steroid dienone is 2. The molecule has 0 radical (unpaired) electrons. The highest BCUT2D eigenvalue weighted by molar-refractivity contribution is 7.82. The lowest BCUT2D eigenvalue weighted by Crippen LogP contribution is -2.35. The third kappa shape index (κ3) is 5.15. The van der Waals surface area contributed by atoms with Gasteiger partial charge in [-0.15, -0.1) is 0 Å². The molecule has 4 rings (SSSR count). The molecular weight excluding hydrogens is 430 g/mol. The maximum atomic E-state index is 14.9. The standard InChI is InChI=1S/C25H28F2N2O2S/c1-17(28-20-9-5-10-21(30)14-20)22-15-23(26)19(13-24(22)27)16-29-12-6-11-25(32(29)31)18-7-3-2-4-8-18/h2-4,7-8,13-15,17,25,28H,5-6,9-12,16H2,1H3/t17-,25+,32?/m0/s1. The van der Waals surface area contributed by atoms with Crippen molar-refractivity contribution in [2.45, 2.75) is 56.9 Å². The normalized spacial score (nSPS) is 23.0. The van der Waals surface area contributed by atoms with Crippen molar-refractivity contribution in [3.8, 4) is 0 Å². The van der Waals surface area contributed by atoms with Crippen molar-refractivity contribution < 1.29 is 17.8 Å². The highest BCUT2D eigenvalue weighted by Gasteiger charge is 2.30. The van der Waals surface area contributed by atoms with Gasteiger partial charge in [0.15, 0.2) is 5.78 Å². The molecule has 0 saturated carbocycles. The lowest BCUT2D eigenvalue weighted by molar-refractivity contribution is -0.115. The fourth-order valence-corrected chi connectivity index (χ4v) is 6.12. The number of hydrogen-bond acceptors (Lipinski definition) is 3. The minimum Gasteiger partial charge on any atom is -0.382 e. The molecule has 1 heterocycles. The minimum absolute atomic E-state index is 0.0521. The number of carbonyl (C=O) groups is 1. The van der Waals surface area contributed by atoms with Crippen LogP contribution in [0, 0.1) is 11.6 Å². The second-order valence-corrected chi connectivity index (χ2v) is 10.1. The zero-order chi connectivity index (χ0) is 22.7. The highest BCUT2D eigenvalue weighted by Crippen LogP contribution is 2.33. The zero-order valence-electron chi connectivity index (χ0n) is 18.2. The number of rotatable bonds is 6. The van der Waals surface area contributed by atoms with Crippen LogP contribution in [-0.4, -0.2) is 20.8 Å². The highest BCUT2D eigenvalue weighted by atomic mass is 32.2. The second-order valence-electron chi connectivity index (χ2n) is 8.50. The molecule has 1 fully saturated rings. The molecule has 0 amide bonds. The molecule has 1 saturated heterocycles. The van der Waals surface area contributed by atoms with Crippen LogP contribution < -0.4 is 5.32 Å². The predicted molar refractivity (Wildman–Crippen MR) is 122 cm³/mol. The SMILES string of the molecule is C[C@H](NC1=CC(=O)CCC1)c1cc(F)c(CN2CCC[C@H](c3ccccc3)S2=O)cc1F. The predicted octanol–water partition coefficient (Wildman–Crippen LogP) is 5.25. The number of carbonyl (C=O) groups excluding carboxylic acids is 1. The van der Waals surface area contributed by atoms with Crippen LogP contribution in [0.4, 0.5) is 8.78 Å². The number of nitrogens with one attached hydrogen (secondary N) is 1. The van der Waals surface area contributed by atoms with Crippen LogP contribution in [0.25, 0.3) is 0 Å². The van der Waals surface area contributed by atoms with E-state index in [1.165, 1.54) is 12.1 Å². The minimum atomic E-state index is -1.31. The molecule has 0 spiro atoms. The molecule has 1 N–H and O–H groups in total. The molecule has 7 heteroatoms. The van der Waals surface area contributed by atoms with Crippen molar-refractivity contribution in [2.75, 3.05) is 6.54 Å². The summed E-state index contributed by atoms with van der Waals surface area (Å²) in [6.07, 6.45) is 5.23. The summed E-state index contributed by atoms with van der Waals surface area (Å²) in [6, 6.07) is 11.7. The van der Waals surface area contributed by atoms with E-state index in [9.17, 15) is 17.8 Å². The van der Waals surface area contributed by atoms with Crippen molar-refractivity contribution in [3.63, 3.8) is 0 Å². The molecular formula is C25H28F2N2O2S. The van der Waals surface area contributed by atoms with Crippen molar-refractivity contribution >= 4 is 16.8 Å². The summed E-state index contributed by atoms with van der Waals surface area (Å²) in [6.45, 7) is 2.43. The van der Waals surface area contributed by atoms with Crippen LogP contribution >= 0.6 is 0 Å². The number of hydrogen-bond donors (Lipinski definition) is 1. The first kappa shape index (κ1) is 22.8. The molecule has 0 bridgehead atoms. The molecule has 32 heavy (non-hydrogen) atoms. The lowest BCUT2D eigenvalue weighted by atomic mass is 10.0. The summed E-state index contributed by atoms with van der Waals surface area (Å²) in [5.74, 6) is -0.967. The van der Waals surface area contributed by atoms with Gasteiger partial charge in [0.25, 0.3) is 0 Å². The first-order valence-electron chi connectivity index (χ1n) is 11.1. The monoisotopic (exact) mass is 458 g/mol. The Morgan fingerprint density at radius 2 is 1.91 bits per heavy atom. The van der Waals surface area contributed by atoms with Gasteiger partial charge in [-0.1, -0.05) is 30.3 Å². The van der Waals surface area contributed by atoms with Crippen molar-refractivity contribution in [1.29, 1.82) is 0 Å². The maximum absolute atomic E-state index is 14.9. The van der Waals surface area contributed by atoms with Crippen LogP contribution in [-0.2, 0) is 22.3 Å². The average molecular weight is 459 g/mol. The summed E-state index contributed by atoms with van der Waals surface area (Å²) in [4.78, 5) is 11.6. The molecule has 0 aromatic heterocycles. The maximum Gasteiger partial charge on any atom is 0.157 e. The molecule has 2 aromatic carbocycles. The fraction of sp³-hybridized carbons (Fsp3) is 0.400. The summed E-state index contributed by atoms with van der Waals surface area (Å²) >= 11 is 0. The van der Waals surface area contributed by atoms with Gasteiger partial charge in [0, 0.05) is 42.4 Å². The Hall–Kier alpha value is -2.38. The molecule has 1 aliphatic heterocycles. The van der Waals surface area contributed by atoms with Gasteiger partial charge in [0.2, 0.25) is 0 Å². The van der Waals surface area contributed by atoms with E-state index in [1.807, 2.05) is 30.3 Å². The van der Waals surface area contributed by atoms with Gasteiger partial charge in [0.05, 0.1) is 11.3 Å². The molecule has 2 aliphatic rings. The van der Waals surface area contributed by atoms with E-state index in [4.69, 9.17) is 0 Å². The van der Waals surface area contributed by atoms with E-state index < -0.39 is 28.7 Å². The summed E-state index contributed by atoms with van der Waals surface area (Å²) < 4.78 is 44.7. The van der Waals surface area contributed by atoms with Gasteiger partial charge in [-0.25, -0.2) is 17.3 Å². The molecule has 4 nitrogen and oxygen atoms in total. The third-order valence-corrected chi connectivity index (χ3v) is 7.94. The van der Waals surface area contributed by atoms with E-state index in [1.54, 1.807) is 17.3 Å². The smallest absolute Gasteiger partial charge is 0.157 e. The molecule has 3 atom stereocenters. The van der Waals surface area contributed by atoms with Crippen LogP contribution in [0.3, 0.4) is 0 Å². The van der Waals surface area contributed by atoms with Crippen molar-refractivity contribution in [3.05, 3.63) is 82.6 Å². The number of halogens is 2. The Labute approximate surface area is 190 Å². The molecule has 170 valence electrons. The number of benzene rings is 2. The van der Waals surface area contributed by atoms with Gasteiger partial charge in [0.1, 0.15) is 22.6 Å². The Morgan fingerprint density at radius 3 is 2.66 bits per heavy atom. The van der Waals surface area contributed by atoms with Crippen LogP contribution in [0.15, 0.2) is 54.2 Å². The zero-order valence-corrected chi connectivity index (χ0v) is 19.0. The van der Waals surface area contributed by atoms with Gasteiger partial charge in [-0.3, -0.25) is 4.79 Å². The van der Waals surface area contributed by atoms with Gasteiger partial charge < -0.3 is 5.32 Å². The van der Waals surface area contributed by atoms with E-state index in [-0.39, 0.29) is 28.7 Å². The third-order valence-electron chi connectivity index (χ3n) is 6.13. The largest absolute Gasteiger partial charge is 0.382 e. The molecule has 1 aliphatic carbocycles. The second kappa shape index (κ2) is 10.0. The Kier molecular flexibility index (Phi) is 7.16. The summed E-state index contributed by atoms with van der Waals surface area (Å²) in [7, 11) is -1.31. The van der Waals surface area contributed by atoms with E-state index in [2.05, 4.69) is 5.32 Å². The first-order chi connectivity index (χ1) is 15.4. The Balaban J connectivity index is 1.48. The fourth-order valence-electron chi connectivity index (χ4n) is 4.43. The quantitative estimate of drug-likeness (QED) is 0.643. The topological polar surface area (TPSA) is 49.4 Å². The summed E-state index contributed by atoms with van der Waals surface area (Å²) in [5, 5.41) is 3.01. The first-order valence-corrected chi connectivity index (χ1v) is 12.3. The van der Waals surface area contributed by atoms with Gasteiger partial charge in [-0.05, 0) is 50.3 Å². The molecule has 2 aromatic rings. The van der Waals surface area contributed by atoms with Crippen molar-refractivity contribution in [1.82, 2.24) is 9.62 Å². The number of nitrogens with zero attached hydrogens (tertiary/aromatic N) is 1. The van der Waals surface area contributed by atoms with Crippen LogP contribution in [0.5, 0.6) is 0 Å². The van der Waals surface area contributed by atoms with Crippen LogP contribution in [0.2, 0.25) is 0 Å². The summed E-state index contributed by atoms with van der Waals surface area (Å²) in [5.41, 5.74) is 2.18.